The number of halogens is 1. The quantitative estimate of drug-likeness (QED) is 0.308. The van der Waals surface area contributed by atoms with Crippen LogP contribution in [0.5, 0.6) is 0 Å². The molecular weight excluding hydrogens is 462 g/mol. The molecule has 0 bridgehead atoms. The van der Waals surface area contributed by atoms with E-state index in [0.29, 0.717) is 52.8 Å². The lowest BCUT2D eigenvalue weighted by molar-refractivity contribution is 0.0137. The summed E-state index contributed by atoms with van der Waals surface area (Å²) in [6, 6.07) is 16.6. The van der Waals surface area contributed by atoms with E-state index in [1.165, 1.54) is 22.3 Å². The van der Waals surface area contributed by atoms with Crippen LogP contribution in [0.2, 0.25) is 0 Å². The third-order valence-electron chi connectivity index (χ3n) is 5.18. The predicted octanol–water partition coefficient (Wildman–Crippen LogP) is 4.31. The van der Waals surface area contributed by atoms with Gasteiger partial charge in [-0.1, -0.05) is 64.5 Å². The lowest BCUT2D eigenvalue weighted by Gasteiger charge is -2.19. The Bertz CT molecular complexity index is 786. The second-order valence-corrected chi connectivity index (χ2v) is 8.04. The van der Waals surface area contributed by atoms with E-state index in [4.69, 9.17) is 18.9 Å². The van der Waals surface area contributed by atoms with Crippen molar-refractivity contribution in [1.82, 2.24) is 4.90 Å². The lowest BCUT2D eigenvalue weighted by atomic mass is 9.98. The van der Waals surface area contributed by atoms with Crippen molar-refractivity contribution in [3.05, 3.63) is 59.7 Å². The number of amides is 1. The summed E-state index contributed by atoms with van der Waals surface area (Å²) in [4.78, 5) is 14.0. The van der Waals surface area contributed by atoms with Crippen LogP contribution < -0.4 is 0 Å². The zero-order valence-electron chi connectivity index (χ0n) is 17.9. The van der Waals surface area contributed by atoms with Gasteiger partial charge in [0.25, 0.3) is 0 Å². The summed E-state index contributed by atoms with van der Waals surface area (Å²) in [5.74, 6) is 0.0663. The molecule has 0 radical (unpaired) electrons. The number of hydrogen-bond acceptors (Lipinski definition) is 5. The molecule has 7 heteroatoms. The van der Waals surface area contributed by atoms with Gasteiger partial charge in [0.15, 0.2) is 0 Å². The second kappa shape index (κ2) is 12.8. The summed E-state index contributed by atoms with van der Waals surface area (Å²) < 4.78 is 21.9. The van der Waals surface area contributed by atoms with Crippen LogP contribution in [-0.2, 0) is 18.9 Å². The van der Waals surface area contributed by atoms with Crippen LogP contribution in [0, 0.1) is 0 Å². The fourth-order valence-corrected chi connectivity index (χ4v) is 3.82. The summed E-state index contributed by atoms with van der Waals surface area (Å²) >= 11 is 3.30. The Balaban J connectivity index is 1.35. The minimum atomic E-state index is -0.342. The van der Waals surface area contributed by atoms with E-state index in [1.54, 1.807) is 11.9 Å². The minimum Gasteiger partial charge on any atom is -0.448 e. The standard InChI is InChI=1S/C24H30BrNO5/c1-26(11-13-29-15-17-30-16-14-28-12-10-25)24(27)31-18-23-21-8-4-2-6-19(21)20-7-3-5-9-22(20)23/h2-9,23H,10-18H2,1H3. The van der Waals surface area contributed by atoms with Crippen molar-refractivity contribution in [2.45, 2.75) is 5.92 Å². The van der Waals surface area contributed by atoms with E-state index in [2.05, 4.69) is 40.2 Å². The van der Waals surface area contributed by atoms with Crippen molar-refractivity contribution in [3.8, 4) is 11.1 Å². The normalized spacial score (nSPS) is 12.5. The third-order valence-corrected chi connectivity index (χ3v) is 5.51. The van der Waals surface area contributed by atoms with Crippen molar-refractivity contribution in [3.63, 3.8) is 0 Å². The molecule has 0 atom stereocenters. The first-order chi connectivity index (χ1) is 15.2. The number of carbonyl (C=O) groups is 1. The summed E-state index contributed by atoms with van der Waals surface area (Å²) in [6.45, 7) is 4.02. The molecule has 1 aliphatic carbocycles. The van der Waals surface area contributed by atoms with Gasteiger partial charge in [-0.05, 0) is 22.3 Å². The Labute approximate surface area is 192 Å². The number of nitrogens with zero attached hydrogens (tertiary/aromatic N) is 1. The number of likely N-dealkylation sites (N-methyl/N-ethyl adjacent to an activating group) is 1. The number of ether oxygens (including phenoxy) is 4. The number of benzene rings is 2. The van der Waals surface area contributed by atoms with Crippen molar-refractivity contribution in [2.75, 3.05) is 65.2 Å². The fraction of sp³-hybridized carbons (Fsp3) is 0.458. The zero-order chi connectivity index (χ0) is 21.9. The van der Waals surface area contributed by atoms with Crippen LogP contribution in [0.4, 0.5) is 4.79 Å². The molecule has 0 aliphatic heterocycles. The van der Waals surface area contributed by atoms with Crippen molar-refractivity contribution in [2.24, 2.45) is 0 Å². The highest BCUT2D eigenvalue weighted by molar-refractivity contribution is 9.09. The van der Waals surface area contributed by atoms with Crippen molar-refractivity contribution < 1.29 is 23.7 Å². The topological polar surface area (TPSA) is 57.2 Å². The van der Waals surface area contributed by atoms with E-state index in [1.807, 2.05) is 24.3 Å². The Morgan fingerprint density at radius 3 is 1.94 bits per heavy atom. The summed E-state index contributed by atoms with van der Waals surface area (Å²) in [5, 5.41) is 0.827. The smallest absolute Gasteiger partial charge is 0.409 e. The molecule has 0 unspecified atom stereocenters. The molecule has 168 valence electrons. The maximum absolute atomic E-state index is 12.4. The van der Waals surface area contributed by atoms with Gasteiger partial charge in [-0.25, -0.2) is 4.79 Å². The van der Waals surface area contributed by atoms with Gasteiger partial charge in [-0.3, -0.25) is 0 Å². The molecule has 0 N–H and O–H groups in total. The van der Waals surface area contributed by atoms with Gasteiger partial charge in [0.2, 0.25) is 0 Å². The number of rotatable bonds is 13. The van der Waals surface area contributed by atoms with Crippen LogP contribution in [0.25, 0.3) is 11.1 Å². The Morgan fingerprint density at radius 2 is 1.35 bits per heavy atom. The average molecular weight is 492 g/mol. The van der Waals surface area contributed by atoms with Gasteiger partial charge in [0.1, 0.15) is 6.61 Å². The molecule has 1 aliphatic rings. The van der Waals surface area contributed by atoms with Crippen LogP contribution in [-0.4, -0.2) is 76.2 Å². The van der Waals surface area contributed by atoms with E-state index < -0.39 is 0 Å². The molecule has 2 aromatic carbocycles. The van der Waals surface area contributed by atoms with E-state index in [9.17, 15) is 4.79 Å². The van der Waals surface area contributed by atoms with Crippen LogP contribution >= 0.6 is 15.9 Å². The van der Waals surface area contributed by atoms with Crippen LogP contribution in [0.15, 0.2) is 48.5 Å². The molecule has 3 rings (SSSR count). The molecule has 6 nitrogen and oxygen atoms in total. The van der Waals surface area contributed by atoms with E-state index in [0.717, 1.165) is 5.33 Å². The molecule has 0 spiro atoms. The van der Waals surface area contributed by atoms with Gasteiger partial charge in [-0.2, -0.15) is 0 Å². The Kier molecular flexibility index (Phi) is 9.81. The molecule has 2 aromatic rings. The average Bonchev–Trinajstić information content (AvgIpc) is 3.12. The first-order valence-electron chi connectivity index (χ1n) is 10.6. The molecular formula is C24H30BrNO5. The lowest BCUT2D eigenvalue weighted by Crippen LogP contribution is -2.32. The highest BCUT2D eigenvalue weighted by atomic mass is 79.9. The molecule has 0 heterocycles. The zero-order valence-corrected chi connectivity index (χ0v) is 19.5. The number of fused-ring (bicyclic) bond motifs is 3. The van der Waals surface area contributed by atoms with Gasteiger partial charge >= 0.3 is 6.09 Å². The monoisotopic (exact) mass is 491 g/mol. The van der Waals surface area contributed by atoms with Crippen molar-refractivity contribution in [1.29, 1.82) is 0 Å². The molecule has 1 amide bonds. The Hall–Kier alpha value is -1.93. The van der Waals surface area contributed by atoms with Gasteiger partial charge in [0, 0.05) is 24.8 Å². The number of carbonyl (C=O) groups excluding carboxylic acids is 1. The minimum absolute atomic E-state index is 0.0663. The maximum Gasteiger partial charge on any atom is 0.409 e. The largest absolute Gasteiger partial charge is 0.448 e. The van der Waals surface area contributed by atoms with Gasteiger partial charge in [-0.15, -0.1) is 0 Å². The molecule has 0 fully saturated rings. The molecule has 0 saturated carbocycles. The van der Waals surface area contributed by atoms with E-state index >= 15 is 0 Å². The highest BCUT2D eigenvalue weighted by Crippen LogP contribution is 2.44. The van der Waals surface area contributed by atoms with Gasteiger partial charge < -0.3 is 23.8 Å². The second-order valence-electron chi connectivity index (χ2n) is 7.25. The van der Waals surface area contributed by atoms with E-state index in [-0.39, 0.29) is 12.0 Å². The SMILES string of the molecule is CN(CCOCCOCCOCCBr)C(=O)OCC1c2ccccc2-c2ccccc21. The maximum atomic E-state index is 12.4. The first-order valence-corrected chi connectivity index (χ1v) is 11.7. The summed E-state index contributed by atoms with van der Waals surface area (Å²) in [6.07, 6.45) is -0.342. The number of hydrogen-bond donors (Lipinski definition) is 0. The van der Waals surface area contributed by atoms with Crippen LogP contribution in [0.1, 0.15) is 17.0 Å². The fourth-order valence-electron chi connectivity index (χ4n) is 3.59. The van der Waals surface area contributed by atoms with Gasteiger partial charge in [0.05, 0.1) is 39.6 Å². The predicted molar refractivity (Wildman–Crippen MR) is 124 cm³/mol. The molecule has 31 heavy (non-hydrogen) atoms. The highest BCUT2D eigenvalue weighted by Gasteiger charge is 2.29. The summed E-state index contributed by atoms with van der Waals surface area (Å²) in [5.41, 5.74) is 4.86. The first kappa shape index (κ1) is 23.7. The number of alkyl halides is 1. The van der Waals surface area contributed by atoms with Crippen molar-refractivity contribution >= 4 is 22.0 Å². The Morgan fingerprint density at radius 1 is 0.839 bits per heavy atom. The third kappa shape index (κ3) is 6.77. The van der Waals surface area contributed by atoms with Crippen LogP contribution in [0.3, 0.4) is 0 Å². The molecule has 0 aromatic heterocycles. The summed E-state index contributed by atoms with van der Waals surface area (Å²) in [7, 11) is 1.72. The molecule has 0 saturated heterocycles.